The number of nitrogens with one attached hydrogen (secondary N) is 1. The Balaban J connectivity index is 1.81. The maximum Gasteiger partial charge on any atom is 0.263 e. The van der Waals surface area contributed by atoms with E-state index >= 15 is 0 Å². The molecule has 0 radical (unpaired) electrons. The quantitative estimate of drug-likeness (QED) is 0.828. The van der Waals surface area contributed by atoms with Crippen molar-refractivity contribution in [2.45, 2.75) is 26.7 Å². The lowest BCUT2D eigenvalue weighted by Crippen LogP contribution is -2.46. The van der Waals surface area contributed by atoms with Gasteiger partial charge in [-0.15, -0.1) is 11.3 Å². The van der Waals surface area contributed by atoms with Crippen molar-refractivity contribution in [3.05, 3.63) is 22.4 Å². The highest BCUT2D eigenvalue weighted by Gasteiger charge is 2.29. The van der Waals surface area contributed by atoms with E-state index in [0.717, 1.165) is 43.9 Å². The summed E-state index contributed by atoms with van der Waals surface area (Å²) in [6.45, 7) is 9.09. The largest absolute Gasteiger partial charge is 0.355 e. The highest BCUT2D eigenvalue weighted by molar-refractivity contribution is 7.12. The number of hydrogen-bond acceptors (Lipinski definition) is 4. The van der Waals surface area contributed by atoms with Crippen molar-refractivity contribution in [3.63, 3.8) is 0 Å². The van der Waals surface area contributed by atoms with Crippen molar-refractivity contribution < 1.29 is 9.59 Å². The monoisotopic (exact) mass is 337 g/mol. The fourth-order valence-electron chi connectivity index (χ4n) is 2.95. The van der Waals surface area contributed by atoms with Crippen LogP contribution in [0.2, 0.25) is 0 Å². The summed E-state index contributed by atoms with van der Waals surface area (Å²) in [7, 11) is 0. The van der Waals surface area contributed by atoms with Gasteiger partial charge in [-0.2, -0.15) is 0 Å². The van der Waals surface area contributed by atoms with Crippen LogP contribution in [0, 0.1) is 5.92 Å². The molecule has 2 heterocycles. The van der Waals surface area contributed by atoms with E-state index in [0.29, 0.717) is 13.1 Å². The summed E-state index contributed by atoms with van der Waals surface area (Å²) in [5.74, 6) is 0.0610. The van der Waals surface area contributed by atoms with Gasteiger partial charge in [0, 0.05) is 26.2 Å². The molecule has 1 atom stereocenters. The van der Waals surface area contributed by atoms with Gasteiger partial charge in [-0.3, -0.25) is 9.59 Å². The Kier molecular flexibility index (Phi) is 7.05. The topological polar surface area (TPSA) is 52.7 Å². The molecule has 1 unspecified atom stereocenters. The van der Waals surface area contributed by atoms with Crippen LogP contribution in [0.1, 0.15) is 36.4 Å². The average molecular weight is 337 g/mol. The zero-order valence-corrected chi connectivity index (χ0v) is 14.9. The van der Waals surface area contributed by atoms with Gasteiger partial charge in [-0.1, -0.05) is 19.9 Å². The standard InChI is InChI=1S/C17H27N3O2S/c1-3-19(4-2)11-9-18-16(21)14-7-5-10-20(13-14)17(22)15-8-6-12-23-15/h6,8,12,14H,3-5,7,9-11,13H2,1-2H3,(H,18,21). The smallest absolute Gasteiger partial charge is 0.263 e. The predicted octanol–water partition coefficient (Wildman–Crippen LogP) is 2.06. The van der Waals surface area contributed by atoms with Gasteiger partial charge in [0.05, 0.1) is 10.8 Å². The van der Waals surface area contributed by atoms with Crippen molar-refractivity contribution in [2.24, 2.45) is 5.92 Å². The van der Waals surface area contributed by atoms with Gasteiger partial charge >= 0.3 is 0 Å². The molecule has 2 rings (SSSR count). The van der Waals surface area contributed by atoms with Crippen LogP contribution in [0.15, 0.2) is 17.5 Å². The first-order valence-corrected chi connectivity index (χ1v) is 9.36. The number of hydrogen-bond donors (Lipinski definition) is 1. The summed E-state index contributed by atoms with van der Waals surface area (Å²) in [6.07, 6.45) is 1.76. The fourth-order valence-corrected chi connectivity index (χ4v) is 3.64. The molecule has 1 N–H and O–H groups in total. The Bertz CT molecular complexity index is 500. The molecule has 0 bridgehead atoms. The predicted molar refractivity (Wildman–Crippen MR) is 93.7 cm³/mol. The molecule has 1 aromatic rings. The Labute approximate surface area is 142 Å². The van der Waals surface area contributed by atoms with E-state index in [1.807, 2.05) is 22.4 Å². The molecule has 1 aliphatic heterocycles. The molecule has 128 valence electrons. The number of likely N-dealkylation sites (tertiary alicyclic amines) is 1. The third-order valence-corrected chi connectivity index (χ3v) is 5.29. The fraction of sp³-hybridized carbons (Fsp3) is 0.647. The highest BCUT2D eigenvalue weighted by atomic mass is 32.1. The van der Waals surface area contributed by atoms with Gasteiger partial charge in [0.15, 0.2) is 0 Å². The number of nitrogens with zero attached hydrogens (tertiary/aromatic N) is 2. The summed E-state index contributed by atoms with van der Waals surface area (Å²) in [5, 5.41) is 4.94. The summed E-state index contributed by atoms with van der Waals surface area (Å²) < 4.78 is 0. The van der Waals surface area contributed by atoms with Crippen LogP contribution in [-0.4, -0.2) is 60.9 Å². The summed E-state index contributed by atoms with van der Waals surface area (Å²) in [4.78, 5) is 29.6. The van der Waals surface area contributed by atoms with Gasteiger partial charge in [0.1, 0.15) is 0 Å². The molecule has 5 nitrogen and oxygen atoms in total. The average Bonchev–Trinajstić information content (AvgIpc) is 3.12. The van der Waals surface area contributed by atoms with E-state index in [4.69, 9.17) is 0 Å². The minimum atomic E-state index is -0.0793. The molecule has 6 heteroatoms. The zero-order valence-electron chi connectivity index (χ0n) is 14.1. The number of carbonyl (C=O) groups excluding carboxylic acids is 2. The number of piperidine rings is 1. The first-order valence-electron chi connectivity index (χ1n) is 8.48. The number of carbonyl (C=O) groups is 2. The molecule has 0 saturated carbocycles. The second-order valence-electron chi connectivity index (χ2n) is 5.89. The highest BCUT2D eigenvalue weighted by Crippen LogP contribution is 2.20. The van der Waals surface area contributed by atoms with Gasteiger partial charge < -0.3 is 15.1 Å². The number of amides is 2. The number of likely N-dealkylation sites (N-methyl/N-ethyl adjacent to an activating group) is 1. The minimum Gasteiger partial charge on any atom is -0.355 e. The van der Waals surface area contributed by atoms with E-state index in [1.165, 1.54) is 11.3 Å². The first-order chi connectivity index (χ1) is 11.2. The third kappa shape index (κ3) is 5.04. The second-order valence-corrected chi connectivity index (χ2v) is 6.83. The molecule has 0 aliphatic carbocycles. The molecule has 0 spiro atoms. The van der Waals surface area contributed by atoms with Crippen molar-refractivity contribution >= 4 is 23.2 Å². The molecule has 1 saturated heterocycles. The van der Waals surface area contributed by atoms with Crippen molar-refractivity contribution in [2.75, 3.05) is 39.3 Å². The van der Waals surface area contributed by atoms with Crippen LogP contribution >= 0.6 is 11.3 Å². The van der Waals surface area contributed by atoms with E-state index in [-0.39, 0.29) is 17.7 Å². The third-order valence-electron chi connectivity index (χ3n) is 4.43. The SMILES string of the molecule is CCN(CC)CCNC(=O)C1CCCN(C(=O)c2cccs2)C1. The van der Waals surface area contributed by atoms with Gasteiger partial charge in [0.2, 0.25) is 5.91 Å². The lowest BCUT2D eigenvalue weighted by molar-refractivity contribution is -0.126. The van der Waals surface area contributed by atoms with Crippen molar-refractivity contribution in [1.82, 2.24) is 15.1 Å². The van der Waals surface area contributed by atoms with Crippen LogP contribution in [0.3, 0.4) is 0 Å². The van der Waals surface area contributed by atoms with E-state index in [2.05, 4.69) is 24.1 Å². The lowest BCUT2D eigenvalue weighted by atomic mass is 9.97. The Hall–Kier alpha value is -1.40. The Morgan fingerprint density at radius 2 is 2.17 bits per heavy atom. The maximum absolute atomic E-state index is 12.4. The van der Waals surface area contributed by atoms with E-state index in [1.54, 1.807) is 0 Å². The van der Waals surface area contributed by atoms with Gasteiger partial charge in [-0.25, -0.2) is 0 Å². The normalized spacial score (nSPS) is 18.2. The summed E-state index contributed by atoms with van der Waals surface area (Å²) in [5.41, 5.74) is 0. The van der Waals surface area contributed by atoms with Crippen LogP contribution in [-0.2, 0) is 4.79 Å². The first kappa shape index (κ1) is 17.9. The number of rotatable bonds is 7. The molecule has 1 aromatic heterocycles. The molecular formula is C17H27N3O2S. The van der Waals surface area contributed by atoms with E-state index < -0.39 is 0 Å². The van der Waals surface area contributed by atoms with Crippen molar-refractivity contribution in [1.29, 1.82) is 0 Å². The molecule has 0 aromatic carbocycles. The lowest BCUT2D eigenvalue weighted by Gasteiger charge is -2.32. The molecule has 2 amide bonds. The van der Waals surface area contributed by atoms with Crippen LogP contribution in [0.4, 0.5) is 0 Å². The van der Waals surface area contributed by atoms with Crippen LogP contribution in [0.25, 0.3) is 0 Å². The summed E-state index contributed by atoms with van der Waals surface area (Å²) in [6, 6.07) is 3.74. The van der Waals surface area contributed by atoms with Gasteiger partial charge in [-0.05, 0) is 37.4 Å². The van der Waals surface area contributed by atoms with Crippen LogP contribution < -0.4 is 5.32 Å². The number of thiophene rings is 1. The van der Waals surface area contributed by atoms with E-state index in [9.17, 15) is 9.59 Å². The van der Waals surface area contributed by atoms with Crippen molar-refractivity contribution in [3.8, 4) is 0 Å². The maximum atomic E-state index is 12.4. The molecular weight excluding hydrogens is 310 g/mol. The minimum absolute atomic E-state index is 0.0561. The molecule has 23 heavy (non-hydrogen) atoms. The Morgan fingerprint density at radius 3 is 2.83 bits per heavy atom. The van der Waals surface area contributed by atoms with Crippen LogP contribution in [0.5, 0.6) is 0 Å². The summed E-state index contributed by atoms with van der Waals surface area (Å²) >= 11 is 1.46. The molecule has 1 fully saturated rings. The second kappa shape index (κ2) is 9.03. The zero-order chi connectivity index (χ0) is 16.7. The van der Waals surface area contributed by atoms with Gasteiger partial charge in [0.25, 0.3) is 5.91 Å². The Morgan fingerprint density at radius 1 is 1.39 bits per heavy atom. The molecule has 1 aliphatic rings.